The molecule has 0 unspecified atom stereocenters. The Morgan fingerprint density at radius 2 is 1.95 bits per heavy atom. The van der Waals surface area contributed by atoms with Crippen LogP contribution in [0.25, 0.3) is 11.0 Å². The maximum atomic E-state index is 11.5. The first-order chi connectivity index (χ1) is 10.1. The minimum Gasteiger partial charge on any atom is -0.378 e. The lowest BCUT2D eigenvalue weighted by Gasteiger charge is -2.29. The molecule has 112 valence electrons. The van der Waals surface area contributed by atoms with E-state index in [4.69, 9.17) is 9.37 Å². The van der Waals surface area contributed by atoms with Crippen molar-refractivity contribution in [1.82, 2.24) is 10.3 Å². The zero-order valence-electron chi connectivity index (χ0n) is 11.8. The highest BCUT2D eigenvalue weighted by Gasteiger charge is 2.30. The van der Waals surface area contributed by atoms with Gasteiger partial charge in [0.1, 0.15) is 5.69 Å². The maximum absolute atomic E-state index is 11.5. The van der Waals surface area contributed by atoms with E-state index in [1.807, 2.05) is 23.9 Å². The molecule has 0 bridgehead atoms. The first-order valence-electron chi connectivity index (χ1n) is 6.53. The summed E-state index contributed by atoms with van der Waals surface area (Å²) in [4.78, 5) is 14.8. The zero-order chi connectivity index (χ0) is 15.0. The third-order valence-corrected chi connectivity index (χ3v) is 3.49. The Kier molecular flexibility index (Phi) is 3.34. The predicted molar refractivity (Wildman–Crippen MR) is 75.8 cm³/mol. The second-order valence-corrected chi connectivity index (χ2v) is 4.98. The molecule has 1 aromatic carbocycles. The fourth-order valence-electron chi connectivity index (χ4n) is 2.47. The summed E-state index contributed by atoms with van der Waals surface area (Å²) in [7, 11) is 3.69. The molecule has 21 heavy (non-hydrogen) atoms. The van der Waals surface area contributed by atoms with Gasteiger partial charge in [0.15, 0.2) is 5.52 Å². The molecule has 2 aromatic rings. The highest BCUT2D eigenvalue weighted by atomic mass is 16.6. The summed E-state index contributed by atoms with van der Waals surface area (Å²) in [6.45, 7) is 2.29. The van der Waals surface area contributed by atoms with E-state index in [1.54, 1.807) is 6.07 Å². The van der Waals surface area contributed by atoms with E-state index in [-0.39, 0.29) is 11.2 Å². The summed E-state index contributed by atoms with van der Waals surface area (Å²) in [6, 6.07) is 1.76. The van der Waals surface area contributed by atoms with Crippen molar-refractivity contribution in [2.75, 3.05) is 50.2 Å². The molecule has 0 N–H and O–H groups in total. The molecule has 1 aliphatic rings. The highest BCUT2D eigenvalue weighted by molar-refractivity contribution is 5.99. The SMILES string of the molecule is CN(C)c1cc(N2CCOCC2)c([N+](=O)[O-])c2nonc12. The monoisotopic (exact) mass is 293 g/mol. The number of morpholine rings is 1. The molecule has 0 atom stereocenters. The second-order valence-electron chi connectivity index (χ2n) is 4.98. The molecule has 0 amide bonds. The Morgan fingerprint density at radius 1 is 1.29 bits per heavy atom. The van der Waals surface area contributed by atoms with Crippen molar-refractivity contribution < 1.29 is 14.3 Å². The minimum absolute atomic E-state index is 0.0706. The molecular weight excluding hydrogens is 278 g/mol. The van der Waals surface area contributed by atoms with E-state index in [1.165, 1.54) is 0 Å². The number of hydrogen-bond donors (Lipinski definition) is 0. The molecule has 9 heteroatoms. The Bertz CT molecular complexity index is 678. The van der Waals surface area contributed by atoms with E-state index in [0.29, 0.717) is 37.5 Å². The number of fused-ring (bicyclic) bond motifs is 1. The van der Waals surface area contributed by atoms with Gasteiger partial charge in [0.25, 0.3) is 0 Å². The summed E-state index contributed by atoms with van der Waals surface area (Å²) in [5.74, 6) is 0. The molecule has 3 rings (SSSR count). The average molecular weight is 293 g/mol. The average Bonchev–Trinajstić information content (AvgIpc) is 2.94. The number of ether oxygens (including phenoxy) is 1. The van der Waals surface area contributed by atoms with Crippen LogP contribution in [0.4, 0.5) is 17.1 Å². The number of aromatic nitrogens is 2. The summed E-state index contributed by atoms with van der Waals surface area (Å²) in [5.41, 5.74) is 1.75. The number of rotatable bonds is 3. The van der Waals surface area contributed by atoms with E-state index in [0.717, 1.165) is 5.69 Å². The van der Waals surface area contributed by atoms with Crippen LogP contribution < -0.4 is 9.80 Å². The van der Waals surface area contributed by atoms with Crippen molar-refractivity contribution in [3.05, 3.63) is 16.2 Å². The summed E-state index contributed by atoms with van der Waals surface area (Å²) < 4.78 is 10.0. The van der Waals surface area contributed by atoms with Crippen LogP contribution in [0.15, 0.2) is 10.7 Å². The van der Waals surface area contributed by atoms with E-state index in [9.17, 15) is 10.1 Å². The van der Waals surface area contributed by atoms with Crippen LogP contribution in [0.1, 0.15) is 0 Å². The van der Waals surface area contributed by atoms with Crippen LogP contribution in [0.2, 0.25) is 0 Å². The molecule has 2 heterocycles. The van der Waals surface area contributed by atoms with Crippen LogP contribution in [-0.4, -0.2) is 55.6 Å². The van der Waals surface area contributed by atoms with Crippen LogP contribution in [0.3, 0.4) is 0 Å². The lowest BCUT2D eigenvalue weighted by molar-refractivity contribution is -0.382. The first kappa shape index (κ1) is 13.6. The van der Waals surface area contributed by atoms with Gasteiger partial charge >= 0.3 is 5.69 Å². The lowest BCUT2D eigenvalue weighted by atomic mass is 10.1. The molecule has 1 saturated heterocycles. The largest absolute Gasteiger partial charge is 0.378 e. The predicted octanol–water partition coefficient (Wildman–Crippen LogP) is 1.03. The van der Waals surface area contributed by atoms with Gasteiger partial charge in [-0.1, -0.05) is 0 Å². The summed E-state index contributed by atoms with van der Waals surface area (Å²) in [5, 5.41) is 19.0. The van der Waals surface area contributed by atoms with Crippen molar-refractivity contribution in [1.29, 1.82) is 0 Å². The van der Waals surface area contributed by atoms with Gasteiger partial charge in [-0.05, 0) is 16.4 Å². The van der Waals surface area contributed by atoms with Crippen molar-refractivity contribution in [2.24, 2.45) is 0 Å². The summed E-state index contributed by atoms with van der Waals surface area (Å²) >= 11 is 0. The van der Waals surface area contributed by atoms with Crippen molar-refractivity contribution in [2.45, 2.75) is 0 Å². The van der Waals surface area contributed by atoms with Crippen molar-refractivity contribution >= 4 is 28.1 Å². The number of nitro groups is 1. The minimum atomic E-state index is -0.434. The molecule has 0 saturated carbocycles. The molecule has 1 aliphatic heterocycles. The fraction of sp³-hybridized carbons (Fsp3) is 0.500. The molecule has 0 aliphatic carbocycles. The molecule has 1 aromatic heterocycles. The zero-order valence-corrected chi connectivity index (χ0v) is 11.8. The van der Waals surface area contributed by atoms with E-state index >= 15 is 0 Å². The molecule has 0 radical (unpaired) electrons. The highest BCUT2D eigenvalue weighted by Crippen LogP contribution is 2.39. The van der Waals surface area contributed by atoms with Gasteiger partial charge in [-0.3, -0.25) is 10.1 Å². The van der Waals surface area contributed by atoms with E-state index in [2.05, 4.69) is 10.3 Å². The van der Waals surface area contributed by atoms with Gasteiger partial charge in [0.05, 0.1) is 23.8 Å². The Morgan fingerprint density at radius 3 is 2.57 bits per heavy atom. The first-order valence-corrected chi connectivity index (χ1v) is 6.53. The third-order valence-electron chi connectivity index (χ3n) is 3.49. The maximum Gasteiger partial charge on any atom is 0.323 e. The molecule has 9 nitrogen and oxygen atoms in total. The van der Waals surface area contributed by atoms with Gasteiger partial charge in [-0.25, -0.2) is 4.63 Å². The fourth-order valence-corrected chi connectivity index (χ4v) is 2.47. The third kappa shape index (κ3) is 2.25. The normalized spacial score (nSPS) is 15.4. The van der Waals surface area contributed by atoms with Gasteiger partial charge in [0.2, 0.25) is 5.52 Å². The van der Waals surface area contributed by atoms with Gasteiger partial charge in [-0.15, -0.1) is 0 Å². The topological polar surface area (TPSA) is 97.8 Å². The van der Waals surface area contributed by atoms with Crippen LogP contribution in [0.5, 0.6) is 0 Å². The van der Waals surface area contributed by atoms with Crippen LogP contribution in [0, 0.1) is 10.1 Å². The number of benzene rings is 1. The van der Waals surface area contributed by atoms with Gasteiger partial charge in [-0.2, -0.15) is 0 Å². The quantitative estimate of drug-likeness (QED) is 0.611. The Hall–Kier alpha value is -2.42. The molecule has 0 spiro atoms. The van der Waals surface area contributed by atoms with Crippen LogP contribution in [-0.2, 0) is 4.74 Å². The molecule has 1 fully saturated rings. The second kappa shape index (κ2) is 5.17. The Labute approximate surface area is 120 Å². The standard InChI is InChI=1S/C12H15N5O4/c1-15(2)8-7-9(16-3-5-20-6-4-16)12(17(18)19)11-10(8)13-21-14-11/h7H,3-6H2,1-2H3. The smallest absolute Gasteiger partial charge is 0.323 e. The van der Waals surface area contributed by atoms with Crippen molar-refractivity contribution in [3.8, 4) is 0 Å². The van der Waals surface area contributed by atoms with Crippen molar-refractivity contribution in [3.63, 3.8) is 0 Å². The van der Waals surface area contributed by atoms with Gasteiger partial charge in [0, 0.05) is 27.2 Å². The number of anilines is 2. The summed E-state index contributed by atoms with van der Waals surface area (Å²) in [6.07, 6.45) is 0. The molecular formula is C12H15N5O4. The Balaban J connectivity index is 2.24. The number of nitrogens with zero attached hydrogens (tertiary/aromatic N) is 5. The van der Waals surface area contributed by atoms with E-state index < -0.39 is 4.92 Å². The number of nitro benzene ring substituents is 1. The number of hydrogen-bond acceptors (Lipinski definition) is 8. The van der Waals surface area contributed by atoms with Crippen LogP contribution >= 0.6 is 0 Å². The lowest BCUT2D eigenvalue weighted by Crippen LogP contribution is -2.36. The van der Waals surface area contributed by atoms with Gasteiger partial charge < -0.3 is 14.5 Å².